The Kier molecular flexibility index (Phi) is 9.03. The fourth-order valence-corrected chi connectivity index (χ4v) is 3.55. The van der Waals surface area contributed by atoms with E-state index >= 15 is 0 Å². The Hall–Kier alpha value is -2.32. The second-order valence-electron chi connectivity index (χ2n) is 7.19. The highest BCUT2D eigenvalue weighted by atomic mass is 16.4. The summed E-state index contributed by atoms with van der Waals surface area (Å²) in [7, 11) is 0. The average Bonchev–Trinajstić information content (AvgIpc) is 2.71. The number of rotatable bonds is 11. The number of pyridine rings is 1. The van der Waals surface area contributed by atoms with Crippen LogP contribution in [-0.2, 0) is 14.4 Å². The van der Waals surface area contributed by atoms with Crippen molar-refractivity contribution in [1.82, 2.24) is 15.6 Å². The van der Waals surface area contributed by atoms with Crippen molar-refractivity contribution in [2.75, 3.05) is 19.6 Å². The Morgan fingerprint density at radius 1 is 1.32 bits per heavy atom. The lowest BCUT2D eigenvalue weighted by Gasteiger charge is -2.29. The van der Waals surface area contributed by atoms with Gasteiger partial charge in [-0.1, -0.05) is 12.5 Å². The zero-order valence-corrected chi connectivity index (χ0v) is 16.1. The standard InChI is InChI=1S/C20H30N4O4/c21-9-3-1-2-8-16(25)24-18(14-6-4-10-22-12-14)17(20(27)28)19(26)15-7-5-11-23-13-15/h4,6,10,12,15,17-18,23H,1-3,5,7-9,11,13,21H2,(H,24,25)(H,27,28). The maximum Gasteiger partial charge on any atom is 0.316 e. The number of nitrogens with one attached hydrogen (secondary N) is 2. The number of carboxylic acids is 1. The maximum absolute atomic E-state index is 13.0. The summed E-state index contributed by atoms with van der Waals surface area (Å²) < 4.78 is 0. The summed E-state index contributed by atoms with van der Waals surface area (Å²) in [6, 6.07) is 2.42. The summed E-state index contributed by atoms with van der Waals surface area (Å²) in [4.78, 5) is 41.5. The molecule has 1 saturated heterocycles. The normalized spacial score (nSPS) is 18.8. The van der Waals surface area contributed by atoms with E-state index in [1.807, 2.05) is 0 Å². The fraction of sp³-hybridized carbons (Fsp3) is 0.600. The molecule has 1 aromatic heterocycles. The van der Waals surface area contributed by atoms with Gasteiger partial charge in [0.15, 0.2) is 5.78 Å². The van der Waals surface area contributed by atoms with Gasteiger partial charge in [0.25, 0.3) is 0 Å². The number of carboxylic acid groups (broad SMARTS) is 1. The molecule has 2 rings (SSSR count). The van der Waals surface area contributed by atoms with Crippen LogP contribution in [0.25, 0.3) is 0 Å². The highest BCUT2D eigenvalue weighted by Gasteiger charge is 2.40. The van der Waals surface area contributed by atoms with Crippen LogP contribution in [0.3, 0.4) is 0 Å². The molecule has 2 heterocycles. The Morgan fingerprint density at radius 3 is 2.75 bits per heavy atom. The summed E-state index contributed by atoms with van der Waals surface area (Å²) in [6.07, 6.45) is 7.15. The third kappa shape index (κ3) is 6.38. The van der Waals surface area contributed by atoms with E-state index in [1.54, 1.807) is 18.3 Å². The Labute approximate surface area is 165 Å². The molecule has 1 amide bonds. The molecule has 5 N–H and O–H groups in total. The summed E-state index contributed by atoms with van der Waals surface area (Å²) in [5, 5.41) is 15.8. The van der Waals surface area contributed by atoms with Gasteiger partial charge < -0.3 is 21.5 Å². The van der Waals surface area contributed by atoms with Crippen LogP contribution in [0.5, 0.6) is 0 Å². The van der Waals surface area contributed by atoms with E-state index in [0.29, 0.717) is 31.5 Å². The number of aromatic nitrogens is 1. The molecule has 0 bridgehead atoms. The number of carbonyl (C=O) groups is 3. The molecular weight excluding hydrogens is 360 g/mol. The monoisotopic (exact) mass is 390 g/mol. The number of Topliss-reactive ketones (excluding diaryl/α,β-unsaturated/α-hetero) is 1. The van der Waals surface area contributed by atoms with Gasteiger partial charge in [0.1, 0.15) is 5.92 Å². The molecule has 0 aliphatic carbocycles. The number of hydrogen-bond acceptors (Lipinski definition) is 6. The predicted octanol–water partition coefficient (Wildman–Crippen LogP) is 1.03. The zero-order chi connectivity index (χ0) is 20.4. The fourth-order valence-electron chi connectivity index (χ4n) is 3.55. The van der Waals surface area contributed by atoms with E-state index in [2.05, 4.69) is 15.6 Å². The third-order valence-electron chi connectivity index (χ3n) is 5.07. The number of carbonyl (C=O) groups excluding carboxylic acids is 2. The number of aliphatic carboxylic acids is 1. The highest BCUT2D eigenvalue weighted by molar-refractivity contribution is 6.01. The van der Waals surface area contributed by atoms with E-state index in [1.165, 1.54) is 6.20 Å². The van der Waals surface area contributed by atoms with Crippen molar-refractivity contribution in [1.29, 1.82) is 0 Å². The Balaban J connectivity index is 2.18. The summed E-state index contributed by atoms with van der Waals surface area (Å²) in [5.74, 6) is -3.56. The zero-order valence-electron chi connectivity index (χ0n) is 16.1. The molecule has 0 radical (unpaired) electrons. The first-order chi connectivity index (χ1) is 13.5. The van der Waals surface area contributed by atoms with Crippen LogP contribution in [-0.4, -0.2) is 47.4 Å². The van der Waals surface area contributed by atoms with Gasteiger partial charge in [0, 0.05) is 31.3 Å². The van der Waals surface area contributed by atoms with Gasteiger partial charge in [0.05, 0.1) is 6.04 Å². The molecule has 1 aromatic rings. The van der Waals surface area contributed by atoms with Gasteiger partial charge in [-0.3, -0.25) is 19.4 Å². The quantitative estimate of drug-likeness (QED) is 0.327. The van der Waals surface area contributed by atoms with Crippen molar-refractivity contribution in [2.45, 2.75) is 44.6 Å². The van der Waals surface area contributed by atoms with Crippen molar-refractivity contribution in [3.05, 3.63) is 30.1 Å². The number of nitrogens with two attached hydrogens (primary N) is 1. The van der Waals surface area contributed by atoms with Crippen molar-refractivity contribution in [3.63, 3.8) is 0 Å². The predicted molar refractivity (Wildman–Crippen MR) is 104 cm³/mol. The second kappa shape index (κ2) is 11.5. The Bertz CT molecular complexity index is 647. The molecular formula is C20H30N4O4. The molecule has 0 spiro atoms. The van der Waals surface area contributed by atoms with E-state index in [9.17, 15) is 19.5 Å². The van der Waals surface area contributed by atoms with Crippen LogP contribution >= 0.6 is 0 Å². The number of piperidine rings is 1. The van der Waals surface area contributed by atoms with Crippen LogP contribution < -0.4 is 16.4 Å². The lowest BCUT2D eigenvalue weighted by molar-refractivity contribution is -0.149. The van der Waals surface area contributed by atoms with Gasteiger partial charge in [-0.05, 0) is 50.4 Å². The molecule has 1 fully saturated rings. The van der Waals surface area contributed by atoms with Crippen molar-refractivity contribution in [2.24, 2.45) is 17.6 Å². The largest absolute Gasteiger partial charge is 0.481 e. The molecule has 8 nitrogen and oxygen atoms in total. The smallest absolute Gasteiger partial charge is 0.316 e. The van der Waals surface area contributed by atoms with Crippen LogP contribution in [0, 0.1) is 11.8 Å². The van der Waals surface area contributed by atoms with Gasteiger partial charge >= 0.3 is 5.97 Å². The molecule has 28 heavy (non-hydrogen) atoms. The SMILES string of the molecule is NCCCCCC(=O)NC(c1cccnc1)C(C(=O)O)C(=O)C1CCCNC1. The van der Waals surface area contributed by atoms with Crippen LogP contribution in [0.2, 0.25) is 0 Å². The van der Waals surface area contributed by atoms with E-state index < -0.39 is 17.9 Å². The average molecular weight is 390 g/mol. The van der Waals surface area contributed by atoms with Crippen LogP contribution in [0.1, 0.15) is 50.1 Å². The van der Waals surface area contributed by atoms with Crippen LogP contribution in [0.4, 0.5) is 0 Å². The minimum absolute atomic E-state index is 0.266. The lowest BCUT2D eigenvalue weighted by atomic mass is 9.81. The Morgan fingerprint density at radius 2 is 2.14 bits per heavy atom. The van der Waals surface area contributed by atoms with E-state index in [-0.39, 0.29) is 24.0 Å². The van der Waals surface area contributed by atoms with Gasteiger partial charge in [-0.15, -0.1) is 0 Å². The molecule has 0 saturated carbocycles. The molecule has 0 aromatic carbocycles. The molecule has 3 unspecified atom stereocenters. The highest BCUT2D eigenvalue weighted by Crippen LogP contribution is 2.28. The first-order valence-electron chi connectivity index (χ1n) is 9.91. The lowest BCUT2D eigenvalue weighted by Crippen LogP contribution is -2.45. The minimum Gasteiger partial charge on any atom is -0.481 e. The van der Waals surface area contributed by atoms with E-state index in [0.717, 1.165) is 25.8 Å². The number of amides is 1. The van der Waals surface area contributed by atoms with Gasteiger partial charge in [0.2, 0.25) is 5.91 Å². The minimum atomic E-state index is -1.35. The molecule has 154 valence electrons. The van der Waals surface area contributed by atoms with Gasteiger partial charge in [-0.2, -0.15) is 0 Å². The number of hydrogen-bond donors (Lipinski definition) is 4. The molecule has 1 aliphatic heterocycles. The second-order valence-corrected chi connectivity index (χ2v) is 7.19. The maximum atomic E-state index is 13.0. The van der Waals surface area contributed by atoms with Crippen molar-refractivity contribution in [3.8, 4) is 0 Å². The number of ketones is 1. The van der Waals surface area contributed by atoms with Crippen molar-refractivity contribution < 1.29 is 19.5 Å². The number of unbranched alkanes of at least 4 members (excludes halogenated alkanes) is 2. The number of nitrogens with zero attached hydrogens (tertiary/aromatic N) is 1. The van der Waals surface area contributed by atoms with E-state index in [4.69, 9.17) is 5.73 Å². The molecule has 1 aliphatic rings. The van der Waals surface area contributed by atoms with Crippen LogP contribution in [0.15, 0.2) is 24.5 Å². The first-order valence-corrected chi connectivity index (χ1v) is 9.91. The van der Waals surface area contributed by atoms with Crippen molar-refractivity contribution >= 4 is 17.7 Å². The molecule has 8 heteroatoms. The summed E-state index contributed by atoms with van der Waals surface area (Å²) >= 11 is 0. The summed E-state index contributed by atoms with van der Waals surface area (Å²) in [5.41, 5.74) is 5.98. The third-order valence-corrected chi connectivity index (χ3v) is 5.07. The van der Waals surface area contributed by atoms with Gasteiger partial charge in [-0.25, -0.2) is 0 Å². The topological polar surface area (TPSA) is 134 Å². The first kappa shape index (κ1) is 22.0. The summed E-state index contributed by atoms with van der Waals surface area (Å²) in [6.45, 7) is 1.87. The molecule has 3 atom stereocenters.